The van der Waals surface area contributed by atoms with Crippen LogP contribution >= 0.6 is 0 Å². The number of carbonyl (C=O) groups is 1. The van der Waals surface area contributed by atoms with Gasteiger partial charge in [-0.2, -0.15) is 0 Å². The van der Waals surface area contributed by atoms with Gasteiger partial charge in [0.15, 0.2) is 0 Å². The van der Waals surface area contributed by atoms with Crippen LogP contribution in [0.5, 0.6) is 0 Å². The van der Waals surface area contributed by atoms with Crippen LogP contribution in [-0.2, 0) is 25.0 Å². The van der Waals surface area contributed by atoms with Crippen LogP contribution in [0.3, 0.4) is 0 Å². The summed E-state index contributed by atoms with van der Waals surface area (Å²) in [6.45, 7) is 3.86. The molecule has 6 nitrogen and oxygen atoms in total. The van der Waals surface area contributed by atoms with Gasteiger partial charge in [0.1, 0.15) is 0 Å². The van der Waals surface area contributed by atoms with Gasteiger partial charge in [-0.1, -0.05) is 19.1 Å². The molecule has 0 spiro atoms. The lowest BCUT2D eigenvalue weighted by atomic mass is 9.96. The van der Waals surface area contributed by atoms with E-state index in [0.717, 1.165) is 31.4 Å². The fourth-order valence-corrected chi connectivity index (χ4v) is 3.57. The summed E-state index contributed by atoms with van der Waals surface area (Å²) < 4.78 is 31.8. The van der Waals surface area contributed by atoms with Crippen LogP contribution in [0.25, 0.3) is 0 Å². The average molecular weight is 340 g/mol. The van der Waals surface area contributed by atoms with E-state index in [1.54, 1.807) is 24.3 Å². The molecule has 0 saturated heterocycles. The van der Waals surface area contributed by atoms with Crippen molar-refractivity contribution in [3.63, 3.8) is 0 Å². The Labute approximate surface area is 137 Å². The molecular formula is C16H24N2O4S. The van der Waals surface area contributed by atoms with Gasteiger partial charge in [-0.15, -0.1) is 0 Å². The van der Waals surface area contributed by atoms with Crippen LogP contribution in [0.2, 0.25) is 0 Å². The number of sulfonamides is 1. The Kier molecular flexibility index (Phi) is 5.78. The summed E-state index contributed by atoms with van der Waals surface area (Å²) in [7, 11) is -2.15. The Hall–Kier alpha value is -1.44. The van der Waals surface area contributed by atoms with Crippen molar-refractivity contribution in [2.24, 2.45) is 0 Å². The molecule has 0 heterocycles. The van der Waals surface area contributed by atoms with E-state index < -0.39 is 15.4 Å². The van der Waals surface area contributed by atoms with Crippen molar-refractivity contribution in [1.82, 2.24) is 10.0 Å². The second kappa shape index (κ2) is 7.42. The fourth-order valence-electron chi connectivity index (χ4n) is 2.54. The van der Waals surface area contributed by atoms with Crippen LogP contribution in [0, 0.1) is 0 Å². The third kappa shape index (κ3) is 4.10. The summed E-state index contributed by atoms with van der Waals surface area (Å²) in [5, 5.41) is 3.14. The lowest BCUT2D eigenvalue weighted by molar-refractivity contribution is -0.143. The molecule has 1 aromatic carbocycles. The SMILES string of the molecule is CCCNCCNS(=O)(=O)c1ccc(C2(C(=O)OC)CC2)cc1. The first-order valence-electron chi connectivity index (χ1n) is 7.85. The van der Waals surface area contributed by atoms with E-state index in [1.807, 2.05) is 0 Å². The highest BCUT2D eigenvalue weighted by molar-refractivity contribution is 7.89. The number of nitrogens with one attached hydrogen (secondary N) is 2. The Morgan fingerprint density at radius 1 is 1.17 bits per heavy atom. The summed E-state index contributed by atoms with van der Waals surface area (Å²) in [5.74, 6) is -0.256. The van der Waals surface area contributed by atoms with Gasteiger partial charge >= 0.3 is 5.97 Å². The largest absolute Gasteiger partial charge is 0.468 e. The monoisotopic (exact) mass is 340 g/mol. The lowest BCUT2D eigenvalue weighted by Crippen LogP contribution is -2.32. The molecule has 2 N–H and O–H groups in total. The van der Waals surface area contributed by atoms with E-state index in [1.165, 1.54) is 7.11 Å². The van der Waals surface area contributed by atoms with E-state index in [2.05, 4.69) is 17.0 Å². The topological polar surface area (TPSA) is 84.5 Å². The van der Waals surface area contributed by atoms with E-state index >= 15 is 0 Å². The highest BCUT2D eigenvalue weighted by Gasteiger charge is 2.52. The molecule has 2 rings (SSSR count). The van der Waals surface area contributed by atoms with Crippen LogP contribution in [0.15, 0.2) is 29.2 Å². The van der Waals surface area contributed by atoms with E-state index in [4.69, 9.17) is 4.74 Å². The van der Waals surface area contributed by atoms with Gasteiger partial charge in [0.2, 0.25) is 10.0 Å². The second-order valence-corrected chi connectivity index (χ2v) is 7.51. The molecule has 0 aromatic heterocycles. The number of rotatable bonds is 9. The second-order valence-electron chi connectivity index (χ2n) is 5.75. The zero-order valence-corrected chi connectivity index (χ0v) is 14.4. The van der Waals surface area contributed by atoms with Gasteiger partial charge < -0.3 is 10.1 Å². The molecule has 0 radical (unpaired) electrons. The molecule has 23 heavy (non-hydrogen) atoms. The van der Waals surface area contributed by atoms with Crippen LogP contribution < -0.4 is 10.0 Å². The molecule has 0 bridgehead atoms. The minimum Gasteiger partial charge on any atom is -0.468 e. The molecule has 1 fully saturated rings. The predicted molar refractivity (Wildman–Crippen MR) is 87.7 cm³/mol. The van der Waals surface area contributed by atoms with Crippen LogP contribution in [-0.4, -0.2) is 41.1 Å². The van der Waals surface area contributed by atoms with Crippen molar-refractivity contribution in [1.29, 1.82) is 0 Å². The van der Waals surface area contributed by atoms with E-state index in [0.29, 0.717) is 13.1 Å². The number of benzene rings is 1. The standard InChI is InChI=1S/C16H24N2O4S/c1-3-10-17-11-12-18-23(20,21)14-6-4-13(5-7-14)16(8-9-16)15(19)22-2/h4-7,17-18H,3,8-12H2,1-2H3. The predicted octanol–water partition coefficient (Wildman–Crippen LogP) is 1.17. The maximum atomic E-state index is 12.2. The summed E-state index contributed by atoms with van der Waals surface area (Å²) in [4.78, 5) is 12.1. The summed E-state index contributed by atoms with van der Waals surface area (Å²) >= 11 is 0. The first-order chi connectivity index (χ1) is 11.0. The third-order valence-electron chi connectivity index (χ3n) is 4.06. The zero-order valence-electron chi connectivity index (χ0n) is 13.6. The zero-order chi connectivity index (χ0) is 16.9. The molecule has 1 saturated carbocycles. The third-order valence-corrected chi connectivity index (χ3v) is 5.54. The highest BCUT2D eigenvalue weighted by atomic mass is 32.2. The number of esters is 1. The molecule has 1 aliphatic carbocycles. The Morgan fingerprint density at radius 3 is 2.35 bits per heavy atom. The molecular weight excluding hydrogens is 316 g/mol. The summed E-state index contributed by atoms with van der Waals surface area (Å²) in [6.07, 6.45) is 2.50. The smallest absolute Gasteiger partial charge is 0.316 e. The van der Waals surface area contributed by atoms with Gasteiger partial charge in [-0.05, 0) is 43.5 Å². The van der Waals surface area contributed by atoms with Crippen LogP contribution in [0.1, 0.15) is 31.7 Å². The van der Waals surface area contributed by atoms with Crippen molar-refractivity contribution < 1.29 is 17.9 Å². The molecule has 7 heteroatoms. The van der Waals surface area contributed by atoms with Gasteiger partial charge in [0, 0.05) is 13.1 Å². The maximum absolute atomic E-state index is 12.2. The quantitative estimate of drug-likeness (QED) is 0.521. The number of methoxy groups -OCH3 is 1. The highest BCUT2D eigenvalue weighted by Crippen LogP contribution is 2.49. The van der Waals surface area contributed by atoms with Crippen molar-refractivity contribution >= 4 is 16.0 Å². The van der Waals surface area contributed by atoms with E-state index in [-0.39, 0.29) is 10.9 Å². The Balaban J connectivity index is 2.00. The molecule has 128 valence electrons. The van der Waals surface area contributed by atoms with Gasteiger partial charge in [0.05, 0.1) is 17.4 Å². The average Bonchev–Trinajstić information content (AvgIpc) is 3.36. The van der Waals surface area contributed by atoms with Crippen molar-refractivity contribution in [3.05, 3.63) is 29.8 Å². The van der Waals surface area contributed by atoms with Crippen molar-refractivity contribution in [3.8, 4) is 0 Å². The summed E-state index contributed by atoms with van der Waals surface area (Å²) in [6, 6.07) is 6.49. The summed E-state index contributed by atoms with van der Waals surface area (Å²) in [5.41, 5.74) is 0.238. The maximum Gasteiger partial charge on any atom is 0.316 e. The van der Waals surface area contributed by atoms with Crippen molar-refractivity contribution in [2.45, 2.75) is 36.5 Å². The number of hydrogen-bond donors (Lipinski definition) is 2. The minimum absolute atomic E-state index is 0.206. The first kappa shape index (κ1) is 17.9. The Morgan fingerprint density at radius 2 is 1.83 bits per heavy atom. The minimum atomic E-state index is -3.52. The fraction of sp³-hybridized carbons (Fsp3) is 0.562. The molecule has 0 unspecified atom stereocenters. The van der Waals surface area contributed by atoms with E-state index in [9.17, 15) is 13.2 Å². The van der Waals surface area contributed by atoms with Gasteiger partial charge in [0.25, 0.3) is 0 Å². The number of carbonyl (C=O) groups excluding carboxylic acids is 1. The molecule has 1 aliphatic rings. The number of hydrogen-bond acceptors (Lipinski definition) is 5. The van der Waals surface area contributed by atoms with Crippen LogP contribution in [0.4, 0.5) is 0 Å². The molecule has 0 atom stereocenters. The molecule has 1 aromatic rings. The number of ether oxygens (including phenoxy) is 1. The molecule has 0 amide bonds. The molecule has 0 aliphatic heterocycles. The Bertz CT molecular complexity index is 637. The van der Waals surface area contributed by atoms with Gasteiger partial charge in [-0.25, -0.2) is 13.1 Å². The first-order valence-corrected chi connectivity index (χ1v) is 9.34. The van der Waals surface area contributed by atoms with Gasteiger partial charge in [-0.3, -0.25) is 4.79 Å². The normalized spacial score (nSPS) is 16.1. The van der Waals surface area contributed by atoms with Crippen molar-refractivity contribution in [2.75, 3.05) is 26.7 Å². The lowest BCUT2D eigenvalue weighted by Gasteiger charge is -2.14.